The van der Waals surface area contributed by atoms with Crippen molar-refractivity contribution >= 4 is 12.6 Å². The van der Waals surface area contributed by atoms with Gasteiger partial charge in [0.25, 0.3) is 0 Å². The molecule has 52 valence electrons. The summed E-state index contributed by atoms with van der Waals surface area (Å²) in [5.74, 6) is 0. The number of allylic oxidation sites excluding steroid dienone is 1. The van der Waals surface area contributed by atoms with Crippen molar-refractivity contribution in [1.29, 1.82) is 0 Å². The second-order valence-electron chi connectivity index (χ2n) is 2.52. The molecule has 0 bridgehead atoms. The molecule has 2 aliphatic rings. The topological polar surface area (TPSA) is 28.0 Å². The number of fused-ring (bicyclic) bond motifs is 1. The molecule has 0 radical (unpaired) electrons. The number of hydrogen-bond acceptors (Lipinski definition) is 3. The summed E-state index contributed by atoms with van der Waals surface area (Å²) in [6.45, 7) is 0. The molecule has 2 heterocycles. The maximum atomic E-state index is 4.19. The molecule has 2 rings (SSSR count). The van der Waals surface area contributed by atoms with Crippen molar-refractivity contribution in [2.75, 3.05) is 7.05 Å². The SMILES string of the molecule is CN1C=NC2N=CC=CC21. The Labute approximate surface area is 59.8 Å². The van der Waals surface area contributed by atoms with E-state index in [0.717, 1.165) is 0 Å². The Morgan fingerprint density at radius 3 is 3.10 bits per heavy atom. The van der Waals surface area contributed by atoms with Gasteiger partial charge in [0, 0.05) is 13.3 Å². The third kappa shape index (κ3) is 0.667. The summed E-state index contributed by atoms with van der Waals surface area (Å²) in [4.78, 5) is 10.4. The first-order valence-corrected chi connectivity index (χ1v) is 3.33. The van der Waals surface area contributed by atoms with E-state index in [4.69, 9.17) is 0 Å². The number of dihydropyridines is 1. The molecular formula is C7H9N3. The van der Waals surface area contributed by atoms with E-state index in [1.54, 1.807) is 6.21 Å². The molecule has 0 aromatic carbocycles. The molecule has 0 saturated heterocycles. The predicted octanol–water partition coefficient (Wildman–Crippen LogP) is 0.295. The lowest BCUT2D eigenvalue weighted by Gasteiger charge is -2.20. The van der Waals surface area contributed by atoms with Gasteiger partial charge >= 0.3 is 0 Å². The molecule has 0 fully saturated rings. The van der Waals surface area contributed by atoms with Gasteiger partial charge in [0.15, 0.2) is 6.17 Å². The lowest BCUT2D eigenvalue weighted by atomic mass is 10.2. The number of likely N-dealkylation sites (N-methyl/N-ethyl adjacent to an activating group) is 1. The first kappa shape index (κ1) is 5.65. The second kappa shape index (κ2) is 1.94. The average molecular weight is 135 g/mol. The first-order valence-electron chi connectivity index (χ1n) is 3.33. The highest BCUT2D eigenvalue weighted by atomic mass is 15.3. The van der Waals surface area contributed by atoms with Crippen LogP contribution in [0.2, 0.25) is 0 Å². The Bertz CT molecular complexity index is 217. The van der Waals surface area contributed by atoms with Crippen LogP contribution < -0.4 is 0 Å². The van der Waals surface area contributed by atoms with Crippen LogP contribution in [0.3, 0.4) is 0 Å². The summed E-state index contributed by atoms with van der Waals surface area (Å²) in [6.07, 6.45) is 7.84. The smallest absolute Gasteiger partial charge is 0.164 e. The monoisotopic (exact) mass is 135 g/mol. The molecule has 0 aliphatic carbocycles. The molecule has 0 saturated carbocycles. The van der Waals surface area contributed by atoms with Crippen LogP contribution in [0.1, 0.15) is 0 Å². The largest absolute Gasteiger partial charge is 0.355 e. The lowest BCUT2D eigenvalue weighted by molar-refractivity contribution is 0.422. The fourth-order valence-corrected chi connectivity index (χ4v) is 1.21. The van der Waals surface area contributed by atoms with Gasteiger partial charge in [-0.2, -0.15) is 0 Å². The van der Waals surface area contributed by atoms with Gasteiger partial charge in [0.1, 0.15) is 0 Å². The molecule has 2 unspecified atom stereocenters. The molecule has 3 heteroatoms. The highest BCUT2D eigenvalue weighted by Crippen LogP contribution is 2.15. The lowest BCUT2D eigenvalue weighted by Crippen LogP contribution is -2.31. The van der Waals surface area contributed by atoms with Crippen LogP contribution in [0.15, 0.2) is 22.1 Å². The van der Waals surface area contributed by atoms with Gasteiger partial charge in [-0.25, -0.2) is 4.99 Å². The standard InChI is InChI=1S/C7H9N3/c1-10-5-9-7-6(10)3-2-4-8-7/h2-7H,1H3. The minimum absolute atomic E-state index is 0.120. The van der Waals surface area contributed by atoms with Gasteiger partial charge in [-0.15, -0.1) is 0 Å². The van der Waals surface area contributed by atoms with E-state index in [0.29, 0.717) is 6.04 Å². The molecule has 0 aromatic heterocycles. The van der Waals surface area contributed by atoms with E-state index < -0.39 is 0 Å². The molecular weight excluding hydrogens is 126 g/mol. The Kier molecular flexibility index (Phi) is 1.09. The average Bonchev–Trinajstić information content (AvgIpc) is 2.34. The van der Waals surface area contributed by atoms with Crippen LogP contribution in [-0.4, -0.2) is 36.7 Å². The van der Waals surface area contributed by atoms with E-state index in [-0.39, 0.29) is 6.17 Å². The van der Waals surface area contributed by atoms with Crippen LogP contribution in [0, 0.1) is 0 Å². The summed E-state index contributed by atoms with van der Waals surface area (Å²) < 4.78 is 0. The van der Waals surface area contributed by atoms with Crippen molar-refractivity contribution in [3.8, 4) is 0 Å². The van der Waals surface area contributed by atoms with Crippen LogP contribution >= 0.6 is 0 Å². The quantitative estimate of drug-likeness (QED) is 0.469. The van der Waals surface area contributed by atoms with Crippen molar-refractivity contribution in [3.05, 3.63) is 12.2 Å². The zero-order valence-electron chi connectivity index (χ0n) is 5.81. The van der Waals surface area contributed by atoms with Crippen molar-refractivity contribution in [1.82, 2.24) is 4.90 Å². The van der Waals surface area contributed by atoms with Crippen LogP contribution in [-0.2, 0) is 0 Å². The fraction of sp³-hybridized carbons (Fsp3) is 0.429. The van der Waals surface area contributed by atoms with Gasteiger partial charge in [-0.05, 0) is 6.08 Å². The Morgan fingerprint density at radius 1 is 1.40 bits per heavy atom. The Hall–Kier alpha value is -1.12. The van der Waals surface area contributed by atoms with Gasteiger partial charge in [0.05, 0.1) is 12.4 Å². The molecule has 3 nitrogen and oxygen atoms in total. The summed E-state index contributed by atoms with van der Waals surface area (Å²) in [6, 6.07) is 0.366. The molecule has 10 heavy (non-hydrogen) atoms. The fourth-order valence-electron chi connectivity index (χ4n) is 1.21. The van der Waals surface area contributed by atoms with Crippen molar-refractivity contribution in [2.24, 2.45) is 9.98 Å². The van der Waals surface area contributed by atoms with Crippen LogP contribution in [0.25, 0.3) is 0 Å². The summed E-state index contributed by atoms with van der Waals surface area (Å²) in [7, 11) is 2.01. The minimum atomic E-state index is 0.120. The zero-order valence-corrected chi connectivity index (χ0v) is 5.81. The van der Waals surface area contributed by atoms with E-state index >= 15 is 0 Å². The van der Waals surface area contributed by atoms with E-state index in [9.17, 15) is 0 Å². The number of nitrogens with zero attached hydrogens (tertiary/aromatic N) is 3. The number of aliphatic imine (C=N–C) groups is 2. The van der Waals surface area contributed by atoms with E-state index in [2.05, 4.69) is 21.0 Å². The third-order valence-corrected chi connectivity index (χ3v) is 1.81. The summed E-state index contributed by atoms with van der Waals surface area (Å²) >= 11 is 0. The third-order valence-electron chi connectivity index (χ3n) is 1.81. The molecule has 0 spiro atoms. The van der Waals surface area contributed by atoms with Gasteiger partial charge in [0.2, 0.25) is 0 Å². The second-order valence-corrected chi connectivity index (χ2v) is 2.52. The maximum Gasteiger partial charge on any atom is 0.164 e. The van der Waals surface area contributed by atoms with Crippen molar-refractivity contribution < 1.29 is 0 Å². The maximum absolute atomic E-state index is 4.19. The number of hydrogen-bond donors (Lipinski definition) is 0. The van der Waals surface area contributed by atoms with Crippen LogP contribution in [0.4, 0.5) is 0 Å². The molecule has 2 atom stereocenters. The zero-order chi connectivity index (χ0) is 6.97. The Morgan fingerprint density at radius 2 is 2.30 bits per heavy atom. The van der Waals surface area contributed by atoms with E-state index in [1.165, 1.54) is 0 Å². The molecule has 0 N–H and O–H groups in total. The predicted molar refractivity (Wildman–Crippen MR) is 41.5 cm³/mol. The van der Waals surface area contributed by atoms with Crippen molar-refractivity contribution in [2.45, 2.75) is 12.2 Å². The summed E-state index contributed by atoms with van der Waals surface area (Å²) in [5, 5.41) is 0. The Balaban J connectivity index is 2.26. The molecule has 0 aromatic rings. The van der Waals surface area contributed by atoms with Gasteiger partial charge in [-0.3, -0.25) is 4.99 Å². The van der Waals surface area contributed by atoms with Gasteiger partial charge < -0.3 is 4.90 Å². The first-order chi connectivity index (χ1) is 4.88. The molecule has 2 aliphatic heterocycles. The highest BCUT2D eigenvalue weighted by molar-refractivity contribution is 5.74. The van der Waals surface area contributed by atoms with Gasteiger partial charge in [-0.1, -0.05) is 6.08 Å². The number of rotatable bonds is 0. The van der Waals surface area contributed by atoms with Crippen LogP contribution in [0.5, 0.6) is 0 Å². The minimum Gasteiger partial charge on any atom is -0.355 e. The molecule has 0 amide bonds. The van der Waals surface area contributed by atoms with Crippen molar-refractivity contribution in [3.63, 3.8) is 0 Å². The normalized spacial score (nSPS) is 35.1. The summed E-state index contributed by atoms with van der Waals surface area (Å²) in [5.41, 5.74) is 0. The highest BCUT2D eigenvalue weighted by Gasteiger charge is 2.25. The van der Waals surface area contributed by atoms with E-state index in [1.807, 2.05) is 19.5 Å².